The Morgan fingerprint density at radius 2 is 1.86 bits per heavy atom. The van der Waals surface area contributed by atoms with Gasteiger partial charge in [-0.3, -0.25) is 14.4 Å². The van der Waals surface area contributed by atoms with E-state index in [0.717, 1.165) is 6.07 Å². The monoisotopic (exact) mass is 424 g/mol. The molecule has 1 aromatic heterocycles. The number of hydrogen-bond donors (Lipinski definition) is 1. The Bertz CT molecular complexity index is 954. The van der Waals surface area contributed by atoms with Crippen LogP contribution in [0.4, 0.5) is 4.39 Å². The zero-order valence-electron chi connectivity index (χ0n) is 16.5. The van der Waals surface area contributed by atoms with Crippen LogP contribution < -0.4 is 5.32 Å². The fourth-order valence-electron chi connectivity index (χ4n) is 3.08. The molecule has 1 aliphatic rings. The first-order valence-electron chi connectivity index (χ1n) is 9.45. The van der Waals surface area contributed by atoms with Crippen LogP contribution in [0.15, 0.2) is 35.4 Å². The highest BCUT2D eigenvalue weighted by molar-refractivity contribution is 7.89. The number of piperazine rings is 1. The molecule has 158 valence electrons. The summed E-state index contributed by atoms with van der Waals surface area (Å²) >= 11 is 0. The molecule has 1 aromatic carbocycles. The number of nitrogens with one attached hydrogen (secondary N) is 1. The molecule has 1 saturated heterocycles. The predicted molar refractivity (Wildman–Crippen MR) is 104 cm³/mol. The molecule has 1 fully saturated rings. The topological polar surface area (TPSA) is 100 Å². The summed E-state index contributed by atoms with van der Waals surface area (Å²) in [5, 5.41) is 10.6. The van der Waals surface area contributed by atoms with Crippen LogP contribution in [0.3, 0.4) is 0 Å². The SMILES string of the molecule is CC(C)NC(=O)c1cn(CCN2CCN(S(=O)(=O)c3ccccc3F)CC2)nn1. The van der Waals surface area contributed by atoms with E-state index in [9.17, 15) is 17.6 Å². The van der Waals surface area contributed by atoms with Crippen LogP contribution in [0.5, 0.6) is 0 Å². The van der Waals surface area contributed by atoms with Gasteiger partial charge >= 0.3 is 0 Å². The Balaban J connectivity index is 1.51. The molecule has 0 spiro atoms. The number of carbonyl (C=O) groups is 1. The predicted octanol–water partition coefficient (Wildman–Crippen LogP) is 0.562. The standard InChI is InChI=1S/C18H25FN6O3S/c1-14(2)20-18(26)16-13-24(22-21-16)10-7-23-8-11-25(12-9-23)29(27,28)17-6-4-3-5-15(17)19/h3-6,13-14H,7-12H2,1-2H3,(H,20,26). The largest absolute Gasteiger partial charge is 0.348 e. The van der Waals surface area contributed by atoms with Crippen LogP contribution in [0.25, 0.3) is 0 Å². The molecule has 3 rings (SSSR count). The van der Waals surface area contributed by atoms with Crippen molar-refractivity contribution in [3.05, 3.63) is 42.0 Å². The van der Waals surface area contributed by atoms with Crippen molar-refractivity contribution in [3.63, 3.8) is 0 Å². The molecule has 11 heteroatoms. The molecule has 0 atom stereocenters. The minimum atomic E-state index is -3.84. The van der Waals surface area contributed by atoms with E-state index in [-0.39, 0.29) is 35.6 Å². The van der Waals surface area contributed by atoms with Crippen LogP contribution in [0.2, 0.25) is 0 Å². The number of benzene rings is 1. The highest BCUT2D eigenvalue weighted by atomic mass is 32.2. The molecular weight excluding hydrogens is 399 g/mol. The van der Waals surface area contributed by atoms with Gasteiger partial charge in [-0.25, -0.2) is 12.8 Å². The van der Waals surface area contributed by atoms with Gasteiger partial charge in [-0.2, -0.15) is 4.31 Å². The molecule has 0 bridgehead atoms. The lowest BCUT2D eigenvalue weighted by Crippen LogP contribution is -2.49. The van der Waals surface area contributed by atoms with Crippen molar-refractivity contribution in [2.75, 3.05) is 32.7 Å². The molecule has 0 saturated carbocycles. The van der Waals surface area contributed by atoms with Gasteiger partial charge in [0.1, 0.15) is 10.7 Å². The van der Waals surface area contributed by atoms with Gasteiger partial charge in [0.2, 0.25) is 10.0 Å². The lowest BCUT2D eigenvalue weighted by Gasteiger charge is -2.33. The number of carbonyl (C=O) groups excluding carboxylic acids is 1. The van der Waals surface area contributed by atoms with E-state index in [0.29, 0.717) is 26.2 Å². The summed E-state index contributed by atoms with van der Waals surface area (Å²) in [6.07, 6.45) is 1.59. The summed E-state index contributed by atoms with van der Waals surface area (Å²) in [4.78, 5) is 13.7. The summed E-state index contributed by atoms with van der Waals surface area (Å²) in [6, 6.07) is 5.43. The van der Waals surface area contributed by atoms with Crippen molar-refractivity contribution < 1.29 is 17.6 Å². The van der Waals surface area contributed by atoms with Crippen molar-refractivity contribution in [2.45, 2.75) is 31.3 Å². The maximum atomic E-state index is 13.9. The summed E-state index contributed by atoms with van der Waals surface area (Å²) in [7, 11) is -3.84. The minimum Gasteiger partial charge on any atom is -0.348 e. The summed E-state index contributed by atoms with van der Waals surface area (Å²) in [5.74, 6) is -1.00. The van der Waals surface area contributed by atoms with Crippen LogP contribution in [-0.2, 0) is 16.6 Å². The Morgan fingerprint density at radius 1 is 1.17 bits per heavy atom. The third-order valence-corrected chi connectivity index (χ3v) is 6.55. The second-order valence-corrected chi connectivity index (χ2v) is 9.08. The third kappa shape index (κ3) is 5.17. The summed E-state index contributed by atoms with van der Waals surface area (Å²) in [5.41, 5.74) is 0.263. The van der Waals surface area contributed by atoms with E-state index in [1.54, 1.807) is 10.9 Å². The number of halogens is 1. The molecule has 1 amide bonds. The third-order valence-electron chi connectivity index (χ3n) is 4.62. The van der Waals surface area contributed by atoms with Gasteiger partial charge < -0.3 is 5.32 Å². The van der Waals surface area contributed by atoms with Crippen molar-refractivity contribution >= 4 is 15.9 Å². The maximum Gasteiger partial charge on any atom is 0.273 e. The van der Waals surface area contributed by atoms with Crippen LogP contribution >= 0.6 is 0 Å². The van der Waals surface area contributed by atoms with E-state index in [2.05, 4.69) is 20.5 Å². The first kappa shape index (κ1) is 21.3. The molecule has 0 aliphatic carbocycles. The van der Waals surface area contributed by atoms with Crippen LogP contribution in [0, 0.1) is 5.82 Å². The minimum absolute atomic E-state index is 0.0181. The Hall–Kier alpha value is -2.37. The summed E-state index contributed by atoms with van der Waals surface area (Å²) < 4.78 is 42.1. The zero-order valence-corrected chi connectivity index (χ0v) is 17.3. The Kier molecular flexibility index (Phi) is 6.60. The van der Waals surface area contributed by atoms with Gasteiger partial charge in [-0.15, -0.1) is 5.10 Å². The molecular formula is C18H25FN6O3S. The first-order valence-corrected chi connectivity index (χ1v) is 10.9. The molecule has 29 heavy (non-hydrogen) atoms. The van der Waals surface area contributed by atoms with Crippen LogP contribution in [0.1, 0.15) is 24.3 Å². The molecule has 2 aromatic rings. The highest BCUT2D eigenvalue weighted by Gasteiger charge is 2.30. The van der Waals surface area contributed by atoms with Gasteiger partial charge in [-0.05, 0) is 26.0 Å². The second kappa shape index (κ2) is 8.97. The van der Waals surface area contributed by atoms with Gasteiger partial charge in [0.05, 0.1) is 12.7 Å². The number of amides is 1. The van der Waals surface area contributed by atoms with Crippen LogP contribution in [-0.4, -0.2) is 77.3 Å². The van der Waals surface area contributed by atoms with E-state index < -0.39 is 15.8 Å². The number of rotatable bonds is 7. The van der Waals surface area contributed by atoms with E-state index >= 15 is 0 Å². The average molecular weight is 425 g/mol. The fourth-order valence-corrected chi connectivity index (χ4v) is 4.57. The number of nitrogens with zero attached hydrogens (tertiary/aromatic N) is 5. The Labute approximate surface area is 169 Å². The second-order valence-electron chi connectivity index (χ2n) is 7.17. The smallest absolute Gasteiger partial charge is 0.273 e. The van der Waals surface area contributed by atoms with Crippen molar-refractivity contribution in [1.82, 2.24) is 29.5 Å². The molecule has 9 nitrogen and oxygen atoms in total. The molecule has 1 N–H and O–H groups in total. The molecule has 0 radical (unpaired) electrons. The normalized spacial score (nSPS) is 16.3. The summed E-state index contributed by atoms with van der Waals surface area (Å²) in [6.45, 7) is 6.55. The van der Waals surface area contributed by atoms with E-state index in [4.69, 9.17) is 0 Å². The maximum absolute atomic E-state index is 13.9. The number of hydrogen-bond acceptors (Lipinski definition) is 6. The zero-order chi connectivity index (χ0) is 21.0. The first-order chi connectivity index (χ1) is 13.8. The molecule has 0 unspecified atom stereocenters. The van der Waals surface area contributed by atoms with Gasteiger partial charge in [0.25, 0.3) is 5.91 Å². The lowest BCUT2D eigenvalue weighted by atomic mass is 10.3. The van der Waals surface area contributed by atoms with E-state index in [1.807, 2.05) is 13.8 Å². The van der Waals surface area contributed by atoms with Crippen molar-refractivity contribution in [2.24, 2.45) is 0 Å². The van der Waals surface area contributed by atoms with Gasteiger partial charge in [0, 0.05) is 38.8 Å². The Morgan fingerprint density at radius 3 is 2.52 bits per heavy atom. The van der Waals surface area contributed by atoms with Gasteiger partial charge in [0.15, 0.2) is 5.69 Å². The molecule has 2 heterocycles. The quantitative estimate of drug-likeness (QED) is 0.697. The van der Waals surface area contributed by atoms with Gasteiger partial charge in [-0.1, -0.05) is 17.3 Å². The number of sulfonamides is 1. The molecule has 1 aliphatic heterocycles. The fraction of sp³-hybridized carbons (Fsp3) is 0.500. The average Bonchev–Trinajstić information content (AvgIpc) is 3.16. The highest BCUT2D eigenvalue weighted by Crippen LogP contribution is 2.20. The van der Waals surface area contributed by atoms with Crippen molar-refractivity contribution in [3.8, 4) is 0 Å². The lowest BCUT2D eigenvalue weighted by molar-refractivity contribution is 0.0938. The van der Waals surface area contributed by atoms with E-state index in [1.165, 1.54) is 22.5 Å². The van der Waals surface area contributed by atoms with Crippen molar-refractivity contribution in [1.29, 1.82) is 0 Å². The number of aromatic nitrogens is 3.